The smallest absolute Gasteiger partial charge is 0.263 e. The quantitative estimate of drug-likeness (QED) is 0.759. The number of piperidine rings is 1. The fourth-order valence-electron chi connectivity index (χ4n) is 3.28. The van der Waals surface area contributed by atoms with E-state index in [9.17, 15) is 9.59 Å². The number of hydrogen-bond acceptors (Lipinski definition) is 5. The molecule has 150 valence electrons. The first-order chi connectivity index (χ1) is 13.6. The van der Waals surface area contributed by atoms with Crippen molar-refractivity contribution in [3.63, 3.8) is 0 Å². The van der Waals surface area contributed by atoms with Crippen LogP contribution in [-0.4, -0.2) is 43.0 Å². The maximum atomic E-state index is 12.8. The van der Waals surface area contributed by atoms with Crippen LogP contribution in [0.5, 0.6) is 11.5 Å². The van der Waals surface area contributed by atoms with E-state index in [2.05, 4.69) is 5.32 Å². The highest BCUT2D eigenvalue weighted by Gasteiger charge is 2.28. The Balaban J connectivity index is 1.61. The number of likely N-dealkylation sites (tertiary alicyclic amines) is 1. The number of thiophene rings is 1. The average Bonchev–Trinajstić information content (AvgIpc) is 3.25. The fraction of sp³-hybridized carbons (Fsp3) is 0.429. The molecular weight excluding hydrogens is 376 g/mol. The van der Waals surface area contributed by atoms with Crippen LogP contribution in [0.3, 0.4) is 0 Å². The zero-order valence-corrected chi connectivity index (χ0v) is 17.1. The summed E-state index contributed by atoms with van der Waals surface area (Å²) in [4.78, 5) is 27.8. The van der Waals surface area contributed by atoms with Crippen molar-refractivity contribution in [1.29, 1.82) is 0 Å². The van der Waals surface area contributed by atoms with Gasteiger partial charge in [-0.3, -0.25) is 9.59 Å². The van der Waals surface area contributed by atoms with Crippen molar-refractivity contribution in [2.75, 3.05) is 31.6 Å². The van der Waals surface area contributed by atoms with Gasteiger partial charge in [-0.1, -0.05) is 6.07 Å². The number of anilines is 1. The maximum Gasteiger partial charge on any atom is 0.263 e. The van der Waals surface area contributed by atoms with Crippen molar-refractivity contribution < 1.29 is 19.1 Å². The van der Waals surface area contributed by atoms with E-state index in [1.54, 1.807) is 6.07 Å². The van der Waals surface area contributed by atoms with Crippen LogP contribution in [0.15, 0.2) is 35.7 Å². The van der Waals surface area contributed by atoms with Crippen LogP contribution >= 0.6 is 11.3 Å². The van der Waals surface area contributed by atoms with E-state index in [4.69, 9.17) is 9.47 Å². The van der Waals surface area contributed by atoms with E-state index in [1.165, 1.54) is 11.3 Å². The van der Waals surface area contributed by atoms with Crippen molar-refractivity contribution >= 4 is 28.8 Å². The molecule has 7 heteroatoms. The monoisotopic (exact) mass is 402 g/mol. The van der Waals surface area contributed by atoms with Crippen molar-refractivity contribution in [2.24, 2.45) is 5.92 Å². The van der Waals surface area contributed by atoms with Gasteiger partial charge in [0.25, 0.3) is 5.91 Å². The molecule has 1 saturated heterocycles. The molecule has 1 N–H and O–H groups in total. The molecule has 3 rings (SSSR count). The zero-order valence-electron chi connectivity index (χ0n) is 16.3. The minimum atomic E-state index is -0.127. The average molecular weight is 403 g/mol. The highest BCUT2D eigenvalue weighted by molar-refractivity contribution is 7.12. The number of carbonyl (C=O) groups is 2. The zero-order chi connectivity index (χ0) is 19.9. The van der Waals surface area contributed by atoms with Crippen LogP contribution < -0.4 is 14.8 Å². The van der Waals surface area contributed by atoms with Crippen molar-refractivity contribution in [3.8, 4) is 11.5 Å². The summed E-state index contributed by atoms with van der Waals surface area (Å²) < 4.78 is 11.2. The van der Waals surface area contributed by atoms with E-state index >= 15 is 0 Å². The van der Waals surface area contributed by atoms with Crippen LogP contribution in [0, 0.1) is 5.92 Å². The molecule has 0 spiro atoms. The molecule has 1 aliphatic rings. The number of rotatable bonds is 7. The third-order valence-corrected chi connectivity index (χ3v) is 5.56. The summed E-state index contributed by atoms with van der Waals surface area (Å²) in [5, 5.41) is 4.89. The second kappa shape index (κ2) is 9.59. The van der Waals surface area contributed by atoms with Gasteiger partial charge in [-0.05, 0) is 50.3 Å². The molecule has 0 unspecified atom stereocenters. The predicted molar refractivity (Wildman–Crippen MR) is 110 cm³/mol. The molecular formula is C21H26N2O4S. The van der Waals surface area contributed by atoms with Crippen LogP contribution in [0.25, 0.3) is 0 Å². The fourth-order valence-corrected chi connectivity index (χ4v) is 3.97. The van der Waals surface area contributed by atoms with Crippen LogP contribution in [0.2, 0.25) is 0 Å². The highest BCUT2D eigenvalue weighted by Crippen LogP contribution is 2.31. The molecule has 0 saturated carbocycles. The third-order valence-electron chi connectivity index (χ3n) is 4.70. The molecule has 2 amide bonds. The first kappa shape index (κ1) is 20.2. The van der Waals surface area contributed by atoms with Crippen molar-refractivity contribution in [3.05, 3.63) is 40.6 Å². The topological polar surface area (TPSA) is 67.9 Å². The lowest BCUT2D eigenvalue weighted by molar-refractivity contribution is -0.121. The molecule has 0 atom stereocenters. The molecule has 6 nitrogen and oxygen atoms in total. The van der Waals surface area contributed by atoms with Crippen molar-refractivity contribution in [1.82, 2.24) is 4.90 Å². The molecule has 0 bridgehead atoms. The van der Waals surface area contributed by atoms with E-state index in [0.29, 0.717) is 56.3 Å². The lowest BCUT2D eigenvalue weighted by Gasteiger charge is -2.31. The van der Waals surface area contributed by atoms with Crippen LogP contribution in [-0.2, 0) is 4.79 Å². The Morgan fingerprint density at radius 2 is 1.89 bits per heavy atom. The lowest BCUT2D eigenvalue weighted by atomic mass is 9.95. The number of amides is 2. The number of nitrogens with one attached hydrogen (secondary N) is 1. The van der Waals surface area contributed by atoms with Gasteiger partial charge in [-0.15, -0.1) is 11.3 Å². The first-order valence-electron chi connectivity index (χ1n) is 9.65. The number of carbonyl (C=O) groups excluding carboxylic acids is 2. The minimum Gasteiger partial charge on any atom is -0.494 e. The molecule has 28 heavy (non-hydrogen) atoms. The summed E-state index contributed by atoms with van der Waals surface area (Å²) in [6.07, 6.45) is 1.30. The molecule has 1 aliphatic heterocycles. The molecule has 1 aromatic carbocycles. The van der Waals surface area contributed by atoms with Gasteiger partial charge in [0.15, 0.2) is 0 Å². The summed E-state index contributed by atoms with van der Waals surface area (Å²) in [5.74, 6) is 1.20. The summed E-state index contributed by atoms with van der Waals surface area (Å²) in [5.41, 5.74) is 0.620. The maximum absolute atomic E-state index is 12.8. The molecule has 1 aromatic heterocycles. The van der Waals surface area contributed by atoms with Gasteiger partial charge in [-0.25, -0.2) is 0 Å². The third kappa shape index (κ3) is 4.84. The van der Waals surface area contributed by atoms with Crippen LogP contribution in [0.4, 0.5) is 5.69 Å². The number of hydrogen-bond donors (Lipinski definition) is 1. The summed E-state index contributed by atoms with van der Waals surface area (Å²) >= 11 is 1.45. The summed E-state index contributed by atoms with van der Waals surface area (Å²) in [6, 6.07) is 9.16. The van der Waals surface area contributed by atoms with E-state index in [1.807, 2.05) is 48.4 Å². The van der Waals surface area contributed by atoms with E-state index in [-0.39, 0.29) is 17.7 Å². The molecule has 0 aliphatic carbocycles. The Bertz CT molecular complexity index is 799. The molecule has 2 heterocycles. The van der Waals surface area contributed by atoms with E-state index < -0.39 is 0 Å². The second-order valence-electron chi connectivity index (χ2n) is 6.56. The second-order valence-corrected chi connectivity index (χ2v) is 7.50. The molecule has 1 fully saturated rings. The van der Waals surface area contributed by atoms with Gasteiger partial charge in [0.1, 0.15) is 11.5 Å². The van der Waals surface area contributed by atoms with Gasteiger partial charge in [0.2, 0.25) is 5.91 Å². The largest absolute Gasteiger partial charge is 0.494 e. The Labute approximate surface area is 169 Å². The normalized spacial score (nSPS) is 14.6. The SMILES string of the molecule is CCOc1ccc(OCC)c(NC(=O)C2CCN(C(=O)c3cccs3)CC2)c1. The van der Waals surface area contributed by atoms with E-state index in [0.717, 1.165) is 4.88 Å². The van der Waals surface area contributed by atoms with Gasteiger partial charge < -0.3 is 19.7 Å². The standard InChI is InChI=1S/C21H26N2O4S/c1-3-26-16-7-8-18(27-4-2)17(14-16)22-20(24)15-9-11-23(12-10-15)21(25)19-6-5-13-28-19/h5-8,13-15H,3-4,9-12H2,1-2H3,(H,22,24). The Kier molecular flexibility index (Phi) is 6.92. The molecule has 2 aromatic rings. The Morgan fingerprint density at radius 3 is 2.54 bits per heavy atom. The van der Waals surface area contributed by atoms with Crippen LogP contribution in [0.1, 0.15) is 36.4 Å². The van der Waals surface area contributed by atoms with Gasteiger partial charge in [0, 0.05) is 25.1 Å². The lowest BCUT2D eigenvalue weighted by Crippen LogP contribution is -2.41. The number of ether oxygens (including phenoxy) is 2. The summed E-state index contributed by atoms with van der Waals surface area (Å²) in [6.45, 7) is 6.07. The number of benzene rings is 1. The Hall–Kier alpha value is -2.54. The highest BCUT2D eigenvalue weighted by atomic mass is 32.1. The first-order valence-corrected chi connectivity index (χ1v) is 10.5. The summed E-state index contributed by atoms with van der Waals surface area (Å²) in [7, 11) is 0. The minimum absolute atomic E-state index is 0.0437. The van der Waals surface area contributed by atoms with Gasteiger partial charge in [-0.2, -0.15) is 0 Å². The molecule has 0 radical (unpaired) electrons. The number of nitrogens with zero attached hydrogens (tertiary/aromatic N) is 1. The van der Waals surface area contributed by atoms with Gasteiger partial charge >= 0.3 is 0 Å². The van der Waals surface area contributed by atoms with Crippen molar-refractivity contribution in [2.45, 2.75) is 26.7 Å². The predicted octanol–water partition coefficient (Wildman–Crippen LogP) is 4.04. The van der Waals surface area contributed by atoms with Gasteiger partial charge in [0.05, 0.1) is 23.8 Å². The Morgan fingerprint density at radius 1 is 1.14 bits per heavy atom.